The predicted octanol–water partition coefficient (Wildman–Crippen LogP) is 2.62. The quantitative estimate of drug-likeness (QED) is 0.866. The van der Waals surface area contributed by atoms with E-state index in [4.69, 9.17) is 4.52 Å². The number of aryl methyl sites for hydroxylation is 2. The van der Waals surface area contributed by atoms with Crippen LogP contribution in [0.15, 0.2) is 35.1 Å². The van der Waals surface area contributed by atoms with Crippen molar-refractivity contribution in [3.05, 3.63) is 47.6 Å². The van der Waals surface area contributed by atoms with Crippen LogP contribution >= 0.6 is 0 Å². The van der Waals surface area contributed by atoms with Crippen LogP contribution in [0.1, 0.15) is 41.1 Å². The summed E-state index contributed by atoms with van der Waals surface area (Å²) in [6.45, 7) is 2.80. The van der Waals surface area contributed by atoms with Crippen LogP contribution in [0.5, 0.6) is 0 Å². The Labute approximate surface area is 124 Å². The van der Waals surface area contributed by atoms with Gasteiger partial charge in [-0.1, -0.05) is 5.16 Å². The molecule has 0 bridgehead atoms. The number of aromatic nitrogens is 2. The third-order valence-electron chi connectivity index (χ3n) is 4.01. The Morgan fingerprint density at radius 2 is 2.33 bits per heavy atom. The first-order valence-electron chi connectivity index (χ1n) is 7.37. The molecule has 0 spiro atoms. The van der Waals surface area contributed by atoms with E-state index in [0.29, 0.717) is 5.76 Å². The summed E-state index contributed by atoms with van der Waals surface area (Å²) in [5, 5.41) is 3.61. The van der Waals surface area contributed by atoms with Gasteiger partial charge in [0, 0.05) is 30.5 Å². The molecule has 1 saturated heterocycles. The largest absolute Gasteiger partial charge is 0.351 e. The maximum atomic E-state index is 12.4. The second-order valence-electron chi connectivity index (χ2n) is 5.52. The molecule has 0 aromatic carbocycles. The summed E-state index contributed by atoms with van der Waals surface area (Å²) in [7, 11) is 0. The fraction of sp³-hybridized carbons (Fsp3) is 0.438. The summed E-state index contributed by atoms with van der Waals surface area (Å²) in [6, 6.07) is 6.07. The monoisotopic (exact) mass is 285 g/mol. The fourth-order valence-corrected chi connectivity index (χ4v) is 2.96. The van der Waals surface area contributed by atoms with Crippen LogP contribution < -0.4 is 0 Å². The number of nitrogens with zero attached hydrogens (tertiary/aromatic N) is 3. The smallest absolute Gasteiger partial charge is 0.292 e. The van der Waals surface area contributed by atoms with Crippen molar-refractivity contribution in [2.45, 2.75) is 38.6 Å². The van der Waals surface area contributed by atoms with E-state index in [1.54, 1.807) is 6.07 Å². The van der Waals surface area contributed by atoms with Gasteiger partial charge in [0.15, 0.2) is 0 Å². The Hall–Kier alpha value is -2.17. The number of carbonyl (C=O) groups is 1. The molecule has 1 amide bonds. The molecule has 1 aliphatic heterocycles. The Morgan fingerprint density at radius 3 is 3.10 bits per heavy atom. The minimum absolute atomic E-state index is 0.0408. The number of pyridine rings is 1. The number of hydrogen-bond donors (Lipinski definition) is 0. The van der Waals surface area contributed by atoms with E-state index in [0.717, 1.165) is 37.9 Å². The molecule has 3 heterocycles. The number of amides is 1. The Kier molecular flexibility index (Phi) is 3.99. The van der Waals surface area contributed by atoms with E-state index in [1.165, 1.54) is 11.8 Å². The van der Waals surface area contributed by atoms with Crippen molar-refractivity contribution in [1.82, 2.24) is 15.0 Å². The molecule has 1 fully saturated rings. The second kappa shape index (κ2) is 6.08. The first-order valence-corrected chi connectivity index (χ1v) is 7.37. The maximum absolute atomic E-state index is 12.4. The third kappa shape index (κ3) is 3.12. The molecular formula is C16H19N3O2. The Bertz CT molecular complexity index is 610. The van der Waals surface area contributed by atoms with Gasteiger partial charge < -0.3 is 9.42 Å². The molecule has 5 nitrogen and oxygen atoms in total. The van der Waals surface area contributed by atoms with E-state index in [9.17, 15) is 4.79 Å². The van der Waals surface area contributed by atoms with Gasteiger partial charge in [0.1, 0.15) is 0 Å². The van der Waals surface area contributed by atoms with Crippen LogP contribution in [0.25, 0.3) is 0 Å². The van der Waals surface area contributed by atoms with Gasteiger partial charge in [-0.25, -0.2) is 0 Å². The zero-order valence-corrected chi connectivity index (χ0v) is 12.2. The molecule has 0 N–H and O–H groups in total. The summed E-state index contributed by atoms with van der Waals surface area (Å²) >= 11 is 0. The fourth-order valence-electron chi connectivity index (χ4n) is 2.96. The standard InChI is InChI=1S/C16H19N3O2/c1-12-11-13(6-8-17-12)4-5-14-3-2-10-19(14)16(20)15-7-9-18-21-15/h6-9,11,14H,2-5,10H2,1H3/t14-/m1/s1. The normalized spacial score (nSPS) is 18.1. The molecule has 110 valence electrons. The molecule has 1 aliphatic rings. The summed E-state index contributed by atoms with van der Waals surface area (Å²) in [6.07, 6.45) is 7.41. The number of likely N-dealkylation sites (tertiary alicyclic amines) is 1. The lowest BCUT2D eigenvalue weighted by Gasteiger charge is -2.23. The number of carbonyl (C=O) groups excluding carboxylic acids is 1. The number of hydrogen-bond acceptors (Lipinski definition) is 4. The molecule has 21 heavy (non-hydrogen) atoms. The highest BCUT2D eigenvalue weighted by Gasteiger charge is 2.30. The summed E-state index contributed by atoms with van der Waals surface area (Å²) in [5.74, 6) is 0.294. The van der Waals surface area contributed by atoms with Gasteiger partial charge >= 0.3 is 0 Å². The average molecular weight is 285 g/mol. The van der Waals surface area contributed by atoms with Crippen molar-refractivity contribution < 1.29 is 9.32 Å². The highest BCUT2D eigenvalue weighted by Crippen LogP contribution is 2.24. The second-order valence-corrected chi connectivity index (χ2v) is 5.52. The molecule has 0 saturated carbocycles. The van der Waals surface area contributed by atoms with Gasteiger partial charge in [0.2, 0.25) is 5.76 Å². The molecule has 0 radical (unpaired) electrons. The van der Waals surface area contributed by atoms with Crippen LogP contribution in [-0.2, 0) is 6.42 Å². The first-order chi connectivity index (χ1) is 10.2. The summed E-state index contributed by atoms with van der Waals surface area (Å²) in [4.78, 5) is 18.5. The Morgan fingerprint density at radius 1 is 1.43 bits per heavy atom. The van der Waals surface area contributed by atoms with E-state index in [2.05, 4.69) is 16.2 Å². The topological polar surface area (TPSA) is 59.2 Å². The van der Waals surface area contributed by atoms with Crippen molar-refractivity contribution in [2.24, 2.45) is 0 Å². The highest BCUT2D eigenvalue weighted by atomic mass is 16.5. The molecule has 0 aliphatic carbocycles. The van der Waals surface area contributed by atoms with Crippen molar-refractivity contribution in [2.75, 3.05) is 6.54 Å². The third-order valence-corrected chi connectivity index (χ3v) is 4.01. The molecule has 1 atom stereocenters. The van der Waals surface area contributed by atoms with E-state index >= 15 is 0 Å². The molecule has 5 heteroatoms. The molecule has 2 aromatic heterocycles. The van der Waals surface area contributed by atoms with Gasteiger partial charge in [-0.3, -0.25) is 9.78 Å². The summed E-state index contributed by atoms with van der Waals surface area (Å²) < 4.78 is 4.99. The van der Waals surface area contributed by atoms with Crippen LogP contribution in [0.3, 0.4) is 0 Å². The SMILES string of the molecule is Cc1cc(CC[C@H]2CCCN2C(=O)c2ccno2)ccn1. The summed E-state index contributed by atoms with van der Waals surface area (Å²) in [5.41, 5.74) is 2.31. The van der Waals surface area contributed by atoms with Crippen LogP contribution in [0.2, 0.25) is 0 Å². The van der Waals surface area contributed by atoms with Gasteiger partial charge in [-0.05, 0) is 50.3 Å². The van der Waals surface area contributed by atoms with Gasteiger partial charge in [-0.2, -0.15) is 0 Å². The predicted molar refractivity (Wildman–Crippen MR) is 77.9 cm³/mol. The van der Waals surface area contributed by atoms with Gasteiger partial charge in [0.25, 0.3) is 5.91 Å². The van der Waals surface area contributed by atoms with Crippen molar-refractivity contribution >= 4 is 5.91 Å². The van der Waals surface area contributed by atoms with Crippen LogP contribution in [0.4, 0.5) is 0 Å². The van der Waals surface area contributed by atoms with Crippen molar-refractivity contribution in [3.63, 3.8) is 0 Å². The molecular weight excluding hydrogens is 266 g/mol. The lowest BCUT2D eigenvalue weighted by molar-refractivity contribution is 0.0688. The zero-order chi connectivity index (χ0) is 14.7. The van der Waals surface area contributed by atoms with Crippen molar-refractivity contribution in [1.29, 1.82) is 0 Å². The molecule has 2 aromatic rings. The van der Waals surface area contributed by atoms with Crippen molar-refractivity contribution in [3.8, 4) is 0 Å². The van der Waals surface area contributed by atoms with Gasteiger partial charge in [0.05, 0.1) is 6.20 Å². The van der Waals surface area contributed by atoms with Crippen LogP contribution in [-0.4, -0.2) is 33.5 Å². The maximum Gasteiger partial charge on any atom is 0.292 e. The van der Waals surface area contributed by atoms with Gasteiger partial charge in [-0.15, -0.1) is 0 Å². The van der Waals surface area contributed by atoms with E-state index in [1.807, 2.05) is 24.1 Å². The average Bonchev–Trinajstić information content (AvgIpc) is 3.16. The lowest BCUT2D eigenvalue weighted by atomic mass is 10.0. The Balaban J connectivity index is 1.63. The zero-order valence-electron chi connectivity index (χ0n) is 12.2. The minimum atomic E-state index is -0.0408. The van der Waals surface area contributed by atoms with E-state index < -0.39 is 0 Å². The lowest BCUT2D eigenvalue weighted by Crippen LogP contribution is -2.35. The highest BCUT2D eigenvalue weighted by molar-refractivity contribution is 5.91. The minimum Gasteiger partial charge on any atom is -0.351 e. The van der Waals surface area contributed by atoms with Crippen LogP contribution in [0, 0.1) is 6.92 Å². The number of rotatable bonds is 4. The van der Waals surface area contributed by atoms with E-state index in [-0.39, 0.29) is 11.9 Å². The molecule has 0 unspecified atom stereocenters. The molecule has 3 rings (SSSR count). The first kappa shape index (κ1) is 13.8.